The van der Waals surface area contributed by atoms with E-state index in [0.29, 0.717) is 17.9 Å². The third-order valence-electron chi connectivity index (χ3n) is 3.70. The molecule has 0 amide bonds. The van der Waals surface area contributed by atoms with Crippen LogP contribution in [0.2, 0.25) is 0 Å². The number of hydrogen-bond donors (Lipinski definition) is 1. The molecule has 0 radical (unpaired) electrons. The van der Waals surface area contributed by atoms with E-state index in [1.165, 1.54) is 33.0 Å². The van der Waals surface area contributed by atoms with Crippen molar-refractivity contribution in [1.29, 1.82) is 0 Å². The molecule has 0 aliphatic carbocycles. The van der Waals surface area contributed by atoms with Gasteiger partial charge in [0.15, 0.2) is 0 Å². The second-order valence-electron chi connectivity index (χ2n) is 5.25. The van der Waals surface area contributed by atoms with E-state index >= 15 is 0 Å². The van der Waals surface area contributed by atoms with E-state index in [1.54, 1.807) is 13.0 Å². The highest BCUT2D eigenvalue weighted by molar-refractivity contribution is 5.90. The summed E-state index contributed by atoms with van der Waals surface area (Å²) in [4.78, 5) is 14.0. The average Bonchev–Trinajstić information content (AvgIpc) is 3.07. The van der Waals surface area contributed by atoms with Gasteiger partial charge in [-0.05, 0) is 58.4 Å². The maximum atomic E-state index is 11.5. The zero-order valence-electron chi connectivity index (χ0n) is 12.4. The molecule has 0 saturated carbocycles. The third kappa shape index (κ3) is 4.08. The normalized spacial score (nSPS) is 15.7. The van der Waals surface area contributed by atoms with Crippen molar-refractivity contribution in [2.24, 2.45) is 0 Å². The molecule has 1 aromatic rings. The quantitative estimate of drug-likeness (QED) is 0.611. The van der Waals surface area contributed by atoms with E-state index in [-0.39, 0.29) is 5.97 Å². The molecule has 0 bridgehead atoms. The Kier molecular flexibility index (Phi) is 5.61. The van der Waals surface area contributed by atoms with Crippen LogP contribution in [-0.2, 0) is 11.3 Å². The molecule has 0 aromatic carbocycles. The molecular formula is C15H24N2O3. The zero-order chi connectivity index (χ0) is 14.4. The van der Waals surface area contributed by atoms with Gasteiger partial charge in [0, 0.05) is 0 Å². The highest BCUT2D eigenvalue weighted by Crippen LogP contribution is 2.15. The Morgan fingerprint density at radius 2 is 2.20 bits per heavy atom. The molecule has 1 aliphatic heterocycles. The number of nitrogens with one attached hydrogen (secondary N) is 1. The Morgan fingerprint density at radius 1 is 1.45 bits per heavy atom. The summed E-state index contributed by atoms with van der Waals surface area (Å²) in [6.07, 6.45) is 3.83. The van der Waals surface area contributed by atoms with Crippen molar-refractivity contribution in [3.05, 3.63) is 23.2 Å². The molecule has 1 aromatic heterocycles. The maximum Gasteiger partial charge on any atom is 0.341 e. The van der Waals surface area contributed by atoms with E-state index in [0.717, 1.165) is 25.3 Å². The van der Waals surface area contributed by atoms with Gasteiger partial charge in [-0.15, -0.1) is 0 Å². The van der Waals surface area contributed by atoms with Crippen molar-refractivity contribution in [1.82, 2.24) is 10.2 Å². The number of methoxy groups -OCH3 is 1. The first-order valence-electron chi connectivity index (χ1n) is 7.31. The smallest absolute Gasteiger partial charge is 0.341 e. The van der Waals surface area contributed by atoms with E-state index in [2.05, 4.69) is 10.2 Å². The molecule has 20 heavy (non-hydrogen) atoms. The Labute approximate surface area is 120 Å². The summed E-state index contributed by atoms with van der Waals surface area (Å²) in [5, 5.41) is 3.35. The van der Waals surface area contributed by atoms with E-state index in [4.69, 9.17) is 9.15 Å². The number of ether oxygens (including phenoxy) is 1. The van der Waals surface area contributed by atoms with E-state index in [1.807, 2.05) is 0 Å². The molecule has 112 valence electrons. The van der Waals surface area contributed by atoms with Crippen LogP contribution in [0.5, 0.6) is 0 Å². The van der Waals surface area contributed by atoms with E-state index < -0.39 is 0 Å². The summed E-state index contributed by atoms with van der Waals surface area (Å²) in [7, 11) is 1.38. The topological polar surface area (TPSA) is 54.7 Å². The second kappa shape index (κ2) is 7.45. The van der Waals surface area contributed by atoms with Crippen molar-refractivity contribution >= 4 is 5.97 Å². The van der Waals surface area contributed by atoms with Gasteiger partial charge in [0.1, 0.15) is 17.1 Å². The van der Waals surface area contributed by atoms with Crippen LogP contribution in [0.25, 0.3) is 0 Å². The number of carbonyl (C=O) groups excluding carboxylic acids is 1. The fraction of sp³-hybridized carbons (Fsp3) is 0.667. The zero-order valence-corrected chi connectivity index (χ0v) is 12.4. The van der Waals surface area contributed by atoms with Crippen LogP contribution in [0.15, 0.2) is 10.5 Å². The van der Waals surface area contributed by atoms with Gasteiger partial charge in [-0.1, -0.05) is 0 Å². The predicted octanol–water partition coefficient (Wildman–Crippen LogP) is 1.95. The average molecular weight is 280 g/mol. The summed E-state index contributed by atoms with van der Waals surface area (Å²) < 4.78 is 10.2. The van der Waals surface area contributed by atoms with Crippen LogP contribution in [-0.4, -0.2) is 44.2 Å². The Morgan fingerprint density at radius 3 is 2.90 bits per heavy atom. The van der Waals surface area contributed by atoms with Gasteiger partial charge in [0.2, 0.25) is 0 Å². The number of aryl methyl sites for hydroxylation is 1. The minimum Gasteiger partial charge on any atom is -0.465 e. The third-order valence-corrected chi connectivity index (χ3v) is 3.70. The standard InChI is InChI=1S/C15H24N2O3/c1-12-14(15(18)19-2)10-13(20-12)11-16-6-5-9-17-7-3-4-8-17/h10,16H,3-9,11H2,1-2H3. The van der Waals surface area contributed by atoms with Crippen molar-refractivity contribution in [3.8, 4) is 0 Å². The molecule has 2 rings (SSSR count). The van der Waals surface area contributed by atoms with Gasteiger partial charge >= 0.3 is 5.97 Å². The monoisotopic (exact) mass is 280 g/mol. The van der Waals surface area contributed by atoms with Gasteiger partial charge in [0.05, 0.1) is 13.7 Å². The molecular weight excluding hydrogens is 256 g/mol. The summed E-state index contributed by atoms with van der Waals surface area (Å²) in [5.41, 5.74) is 0.515. The van der Waals surface area contributed by atoms with Crippen LogP contribution in [0.4, 0.5) is 0 Å². The summed E-state index contributed by atoms with van der Waals surface area (Å²) in [6.45, 7) is 7.06. The molecule has 0 spiro atoms. The first-order chi connectivity index (χ1) is 9.70. The van der Waals surface area contributed by atoms with Gasteiger partial charge < -0.3 is 19.4 Å². The molecule has 1 N–H and O–H groups in total. The Hall–Kier alpha value is -1.33. The number of furan rings is 1. The Balaban J connectivity index is 1.67. The highest BCUT2D eigenvalue weighted by atomic mass is 16.5. The number of esters is 1. The molecule has 0 unspecified atom stereocenters. The van der Waals surface area contributed by atoms with Crippen LogP contribution in [0, 0.1) is 6.92 Å². The minimum atomic E-state index is -0.341. The molecule has 1 fully saturated rings. The van der Waals surface area contributed by atoms with E-state index in [9.17, 15) is 4.79 Å². The molecule has 5 heteroatoms. The summed E-state index contributed by atoms with van der Waals surface area (Å²) in [6, 6.07) is 1.76. The van der Waals surface area contributed by atoms with Crippen LogP contribution in [0.1, 0.15) is 41.1 Å². The maximum absolute atomic E-state index is 11.5. The first-order valence-corrected chi connectivity index (χ1v) is 7.31. The second-order valence-corrected chi connectivity index (χ2v) is 5.25. The number of hydrogen-bond acceptors (Lipinski definition) is 5. The number of nitrogens with zero attached hydrogens (tertiary/aromatic N) is 1. The largest absolute Gasteiger partial charge is 0.465 e. The lowest BCUT2D eigenvalue weighted by Crippen LogP contribution is -2.24. The fourth-order valence-electron chi connectivity index (χ4n) is 2.59. The number of carbonyl (C=O) groups is 1. The van der Waals surface area contributed by atoms with Crippen molar-refractivity contribution in [3.63, 3.8) is 0 Å². The lowest BCUT2D eigenvalue weighted by atomic mass is 10.2. The lowest BCUT2D eigenvalue weighted by molar-refractivity contribution is 0.0599. The summed E-state index contributed by atoms with van der Waals surface area (Å²) in [5.74, 6) is 1.06. The molecule has 2 heterocycles. The number of likely N-dealkylation sites (tertiary alicyclic amines) is 1. The van der Waals surface area contributed by atoms with Gasteiger partial charge in [-0.3, -0.25) is 0 Å². The van der Waals surface area contributed by atoms with Crippen LogP contribution >= 0.6 is 0 Å². The first kappa shape index (κ1) is 15.1. The molecule has 0 atom stereocenters. The van der Waals surface area contributed by atoms with Crippen molar-refractivity contribution in [2.45, 2.75) is 32.7 Å². The molecule has 1 saturated heterocycles. The molecule has 5 nitrogen and oxygen atoms in total. The number of rotatable bonds is 7. The Bertz CT molecular complexity index is 436. The van der Waals surface area contributed by atoms with Crippen molar-refractivity contribution in [2.75, 3.05) is 33.3 Å². The van der Waals surface area contributed by atoms with Crippen LogP contribution < -0.4 is 5.32 Å². The summed E-state index contributed by atoms with van der Waals surface area (Å²) >= 11 is 0. The van der Waals surface area contributed by atoms with Crippen molar-refractivity contribution < 1.29 is 13.9 Å². The lowest BCUT2D eigenvalue weighted by Gasteiger charge is -2.13. The van der Waals surface area contributed by atoms with Gasteiger partial charge in [-0.2, -0.15) is 0 Å². The van der Waals surface area contributed by atoms with Gasteiger partial charge in [0.25, 0.3) is 0 Å². The van der Waals surface area contributed by atoms with Crippen LogP contribution in [0.3, 0.4) is 0 Å². The minimum absolute atomic E-state index is 0.341. The predicted molar refractivity (Wildman–Crippen MR) is 76.8 cm³/mol. The fourth-order valence-corrected chi connectivity index (χ4v) is 2.59. The highest BCUT2D eigenvalue weighted by Gasteiger charge is 2.15. The SMILES string of the molecule is COC(=O)c1cc(CNCCCN2CCCC2)oc1C. The van der Waals surface area contributed by atoms with Gasteiger partial charge in [-0.25, -0.2) is 4.79 Å². The molecule has 1 aliphatic rings.